The molecule has 0 spiro atoms. The highest BCUT2D eigenvalue weighted by molar-refractivity contribution is 6.04. The normalized spacial score (nSPS) is 12.0. The monoisotopic (exact) mass is 673 g/mol. The smallest absolute Gasteiger partial charge is 0.0642 e. The van der Waals surface area contributed by atoms with E-state index >= 15 is 0 Å². The number of hydrogen-bond acceptors (Lipinski definition) is 1. The highest BCUT2D eigenvalue weighted by Crippen LogP contribution is 2.40. The van der Waals surface area contributed by atoms with Gasteiger partial charge in [-0.25, -0.2) is 0 Å². The van der Waals surface area contributed by atoms with Crippen LogP contribution in [-0.2, 0) is 19.3 Å². The lowest BCUT2D eigenvalue weighted by Crippen LogP contribution is -2.00. The van der Waals surface area contributed by atoms with Gasteiger partial charge in [0.25, 0.3) is 0 Å². The fourth-order valence-corrected chi connectivity index (χ4v) is 7.48. The van der Waals surface area contributed by atoms with Crippen molar-refractivity contribution in [1.82, 2.24) is 0 Å². The topological polar surface area (TPSA) is 12.4 Å². The number of unbranched alkanes of at least 4 members (excludes halogenated alkanes) is 6. The first-order valence-corrected chi connectivity index (χ1v) is 19.8. The Hall–Kier alpha value is -4.49. The van der Waals surface area contributed by atoms with Crippen molar-refractivity contribution in [2.45, 2.75) is 112 Å². The molecule has 0 saturated heterocycles. The van der Waals surface area contributed by atoms with Crippen molar-refractivity contribution in [2.24, 2.45) is 4.99 Å². The van der Waals surface area contributed by atoms with E-state index in [1.807, 2.05) is 0 Å². The summed E-state index contributed by atoms with van der Waals surface area (Å²) in [5.74, 6) is 0. The van der Waals surface area contributed by atoms with E-state index in [0.29, 0.717) is 0 Å². The summed E-state index contributed by atoms with van der Waals surface area (Å²) in [7, 11) is 0. The number of allylic oxidation sites excluding steroid dienone is 1. The van der Waals surface area contributed by atoms with Gasteiger partial charge < -0.3 is 0 Å². The van der Waals surface area contributed by atoms with Crippen molar-refractivity contribution in [3.8, 4) is 33.4 Å². The van der Waals surface area contributed by atoms with Gasteiger partial charge in [0.2, 0.25) is 0 Å². The van der Waals surface area contributed by atoms with Crippen molar-refractivity contribution < 1.29 is 0 Å². The van der Waals surface area contributed by atoms with Crippen molar-refractivity contribution in [2.75, 3.05) is 0 Å². The van der Waals surface area contributed by atoms with E-state index in [4.69, 9.17) is 4.99 Å². The van der Waals surface area contributed by atoms with Crippen LogP contribution in [0.1, 0.15) is 115 Å². The SMILES string of the molecule is CCCCCCc1cc(C=C(CC)C(C)=Nc2cc(CCCCCC)c(-c3ccccc3)c(-c3ccccc3)c2)cc(CC)c1-c1ccccc1. The molecule has 0 saturated carbocycles. The van der Waals surface area contributed by atoms with Crippen molar-refractivity contribution >= 4 is 17.5 Å². The Bertz CT molecular complexity index is 1860. The largest absolute Gasteiger partial charge is 0.253 e. The van der Waals surface area contributed by atoms with Crippen molar-refractivity contribution in [3.63, 3.8) is 0 Å². The van der Waals surface area contributed by atoms with E-state index in [-0.39, 0.29) is 0 Å². The van der Waals surface area contributed by atoms with Crippen LogP contribution < -0.4 is 0 Å². The quantitative estimate of drug-likeness (QED) is 0.0648. The van der Waals surface area contributed by atoms with E-state index in [1.165, 1.54) is 113 Å². The van der Waals surface area contributed by atoms with Crippen LogP contribution in [-0.4, -0.2) is 5.71 Å². The minimum atomic E-state index is 0.931. The third kappa shape index (κ3) is 10.3. The van der Waals surface area contributed by atoms with Gasteiger partial charge in [-0.15, -0.1) is 0 Å². The second kappa shape index (κ2) is 19.8. The molecule has 264 valence electrons. The van der Waals surface area contributed by atoms with Gasteiger partial charge in [-0.2, -0.15) is 0 Å². The number of aliphatic imine (C=N–C) groups is 1. The molecule has 0 aliphatic heterocycles. The second-order valence-electron chi connectivity index (χ2n) is 14.0. The Morgan fingerprint density at radius 1 is 0.529 bits per heavy atom. The fraction of sp³-hybridized carbons (Fsp3) is 0.340. The van der Waals surface area contributed by atoms with Crippen LogP contribution in [0.5, 0.6) is 0 Å². The molecule has 0 radical (unpaired) electrons. The zero-order valence-electron chi connectivity index (χ0n) is 32.0. The van der Waals surface area contributed by atoms with E-state index in [0.717, 1.165) is 37.1 Å². The Labute approximate surface area is 309 Å². The van der Waals surface area contributed by atoms with Gasteiger partial charge in [0, 0.05) is 5.71 Å². The molecule has 0 heterocycles. The van der Waals surface area contributed by atoms with E-state index < -0.39 is 0 Å². The molecular weight excluding hydrogens is 615 g/mol. The van der Waals surface area contributed by atoms with E-state index in [1.54, 1.807) is 0 Å². The van der Waals surface area contributed by atoms with Crippen LogP contribution in [0.3, 0.4) is 0 Å². The molecule has 1 heteroatoms. The van der Waals surface area contributed by atoms with Crippen LogP contribution in [0.15, 0.2) is 126 Å². The summed E-state index contributed by atoms with van der Waals surface area (Å²) in [5, 5.41) is 0. The predicted molar refractivity (Wildman–Crippen MR) is 225 cm³/mol. The predicted octanol–water partition coefficient (Wildman–Crippen LogP) is 15.1. The standard InChI is InChI=1S/C50H59N/c1-6-10-12-17-31-45-35-39(34-41(9-4)49(45)43-27-21-15-22-28-43)33-40(8-3)38(5)51-47-36-46(32-18-13-11-7-2)50(44-29-23-16-24-30-44)48(37-47)42-25-19-14-20-26-42/h14-16,19-30,33-37H,6-13,17-18,31-32H2,1-5H3. The molecule has 0 aromatic heterocycles. The Morgan fingerprint density at radius 2 is 1.04 bits per heavy atom. The molecule has 0 aliphatic rings. The molecule has 5 aromatic carbocycles. The minimum absolute atomic E-state index is 0.931. The molecular formula is C50H59N. The molecule has 0 bridgehead atoms. The summed E-state index contributed by atoms with van der Waals surface area (Å²) in [5.41, 5.74) is 16.9. The highest BCUT2D eigenvalue weighted by Gasteiger charge is 2.16. The summed E-state index contributed by atoms with van der Waals surface area (Å²) in [6.45, 7) is 11.3. The van der Waals surface area contributed by atoms with Crippen LogP contribution in [0, 0.1) is 0 Å². The Morgan fingerprint density at radius 3 is 1.57 bits per heavy atom. The molecule has 5 aromatic rings. The molecule has 0 unspecified atom stereocenters. The van der Waals surface area contributed by atoms with Gasteiger partial charge in [0.05, 0.1) is 5.69 Å². The maximum Gasteiger partial charge on any atom is 0.0642 e. The summed E-state index contributed by atoms with van der Waals surface area (Å²) in [4.78, 5) is 5.40. The summed E-state index contributed by atoms with van der Waals surface area (Å²) < 4.78 is 0. The molecule has 51 heavy (non-hydrogen) atoms. The number of nitrogens with zero attached hydrogens (tertiary/aromatic N) is 1. The maximum absolute atomic E-state index is 5.40. The summed E-state index contributed by atoms with van der Waals surface area (Å²) >= 11 is 0. The Kier molecular flexibility index (Phi) is 14.6. The van der Waals surface area contributed by atoms with Gasteiger partial charge in [-0.1, -0.05) is 169 Å². The van der Waals surface area contributed by atoms with Crippen LogP contribution >= 0.6 is 0 Å². The molecule has 5 rings (SSSR count). The Balaban J connectivity index is 1.59. The molecule has 0 N–H and O–H groups in total. The highest BCUT2D eigenvalue weighted by atomic mass is 14.7. The van der Waals surface area contributed by atoms with Gasteiger partial charge >= 0.3 is 0 Å². The molecule has 1 nitrogen and oxygen atoms in total. The number of hydrogen-bond donors (Lipinski definition) is 0. The zero-order chi connectivity index (χ0) is 35.8. The average molecular weight is 674 g/mol. The van der Waals surface area contributed by atoms with Crippen molar-refractivity contribution in [1.29, 1.82) is 0 Å². The molecule has 0 amide bonds. The summed E-state index contributed by atoms with van der Waals surface area (Å²) in [6, 6.07) is 42.4. The van der Waals surface area contributed by atoms with Gasteiger partial charge in [0.1, 0.15) is 0 Å². The van der Waals surface area contributed by atoms with Crippen LogP contribution in [0.25, 0.3) is 39.5 Å². The molecule has 0 fully saturated rings. The maximum atomic E-state index is 5.40. The number of aryl methyl sites for hydroxylation is 3. The minimum Gasteiger partial charge on any atom is -0.253 e. The van der Waals surface area contributed by atoms with Gasteiger partial charge in [-0.3, -0.25) is 4.99 Å². The zero-order valence-corrected chi connectivity index (χ0v) is 32.0. The first kappa shape index (κ1) is 37.8. The average Bonchev–Trinajstić information content (AvgIpc) is 3.17. The lowest BCUT2D eigenvalue weighted by molar-refractivity contribution is 0.667. The lowest BCUT2D eigenvalue weighted by atomic mass is 9.87. The van der Waals surface area contributed by atoms with E-state index in [2.05, 4.69) is 156 Å². The van der Waals surface area contributed by atoms with Crippen LogP contribution in [0.4, 0.5) is 5.69 Å². The summed E-state index contributed by atoms with van der Waals surface area (Å²) in [6.07, 6.45) is 16.6. The van der Waals surface area contributed by atoms with E-state index in [9.17, 15) is 0 Å². The number of benzene rings is 5. The first-order chi connectivity index (χ1) is 25.1. The fourth-order valence-electron chi connectivity index (χ4n) is 7.48. The van der Waals surface area contributed by atoms with Crippen LogP contribution in [0.2, 0.25) is 0 Å². The third-order valence-corrected chi connectivity index (χ3v) is 10.2. The second-order valence-corrected chi connectivity index (χ2v) is 14.0. The lowest BCUT2D eigenvalue weighted by Gasteiger charge is -2.18. The molecule has 0 aliphatic carbocycles. The van der Waals surface area contributed by atoms with Crippen molar-refractivity contribution in [3.05, 3.63) is 143 Å². The number of rotatable bonds is 18. The first-order valence-electron chi connectivity index (χ1n) is 19.8. The molecule has 0 atom stereocenters. The van der Waals surface area contributed by atoms with Gasteiger partial charge in [0.15, 0.2) is 0 Å². The van der Waals surface area contributed by atoms with Gasteiger partial charge in [-0.05, 0) is 125 Å². The third-order valence-electron chi connectivity index (χ3n) is 10.2.